The number of hydrogen-bond donors (Lipinski definition) is 2. The number of ether oxygens (including phenoxy) is 2. The lowest BCUT2D eigenvalue weighted by atomic mass is 10.1. The predicted octanol–water partition coefficient (Wildman–Crippen LogP) is 3.95. The molecule has 0 unspecified atom stereocenters. The second kappa shape index (κ2) is 10.5. The van der Waals surface area contributed by atoms with Crippen LogP contribution in [-0.4, -0.2) is 36.0 Å². The number of hydrogen-bond acceptors (Lipinski definition) is 5. The fraction of sp³-hybridized carbons (Fsp3) is 0.409. The van der Waals surface area contributed by atoms with E-state index in [9.17, 15) is 14.4 Å². The number of aryl methyl sites for hydroxylation is 2. The smallest absolute Gasteiger partial charge is 0.355 e. The van der Waals surface area contributed by atoms with Crippen LogP contribution in [-0.2, 0) is 20.7 Å². The topological polar surface area (TPSA) is 97.5 Å². The number of nitrogens with one attached hydrogen (secondary N) is 2. The third-order valence-corrected chi connectivity index (χ3v) is 4.51. The van der Waals surface area contributed by atoms with Crippen molar-refractivity contribution in [2.45, 2.75) is 47.0 Å². The normalized spacial score (nSPS) is 10.5. The van der Waals surface area contributed by atoms with E-state index in [2.05, 4.69) is 17.2 Å². The summed E-state index contributed by atoms with van der Waals surface area (Å²) in [7, 11) is 0. The van der Waals surface area contributed by atoms with Gasteiger partial charge in [0.05, 0.1) is 12.2 Å². The number of anilines is 1. The zero-order valence-corrected chi connectivity index (χ0v) is 17.4. The highest BCUT2D eigenvalue weighted by Gasteiger charge is 2.24. The van der Waals surface area contributed by atoms with Crippen molar-refractivity contribution in [3.8, 4) is 0 Å². The lowest BCUT2D eigenvalue weighted by Crippen LogP contribution is -2.21. The van der Waals surface area contributed by atoms with E-state index < -0.39 is 24.5 Å². The molecule has 0 aliphatic rings. The summed E-state index contributed by atoms with van der Waals surface area (Å²) in [6, 6.07) is 7.60. The molecule has 0 aliphatic carbocycles. The zero-order chi connectivity index (χ0) is 21.4. The Morgan fingerprint density at radius 1 is 1.00 bits per heavy atom. The monoisotopic (exact) mass is 400 g/mol. The van der Waals surface area contributed by atoms with E-state index >= 15 is 0 Å². The highest BCUT2D eigenvalue weighted by molar-refractivity contribution is 5.99. The first-order valence-corrected chi connectivity index (χ1v) is 9.79. The molecular formula is C22H28N2O5. The van der Waals surface area contributed by atoms with Crippen LogP contribution in [0.25, 0.3) is 0 Å². The Morgan fingerprint density at radius 3 is 2.31 bits per heavy atom. The highest BCUT2D eigenvalue weighted by atomic mass is 16.5. The molecule has 2 N–H and O–H groups in total. The lowest BCUT2D eigenvalue weighted by molar-refractivity contribution is -0.119. The van der Waals surface area contributed by atoms with E-state index in [1.807, 2.05) is 24.3 Å². The van der Waals surface area contributed by atoms with Crippen LogP contribution < -0.4 is 5.32 Å². The predicted molar refractivity (Wildman–Crippen MR) is 110 cm³/mol. The second-order valence-electron chi connectivity index (χ2n) is 6.77. The molecule has 29 heavy (non-hydrogen) atoms. The van der Waals surface area contributed by atoms with Gasteiger partial charge < -0.3 is 19.8 Å². The van der Waals surface area contributed by atoms with Gasteiger partial charge in [-0.15, -0.1) is 0 Å². The number of benzene rings is 1. The second-order valence-corrected chi connectivity index (χ2v) is 6.77. The Morgan fingerprint density at radius 2 is 1.69 bits per heavy atom. The number of amides is 1. The quantitative estimate of drug-likeness (QED) is 0.621. The maximum atomic E-state index is 12.3. The number of aromatic nitrogens is 1. The zero-order valence-electron chi connectivity index (χ0n) is 17.4. The molecule has 0 fully saturated rings. The average molecular weight is 400 g/mol. The van der Waals surface area contributed by atoms with Gasteiger partial charge in [0.25, 0.3) is 5.91 Å². The number of rotatable bonds is 9. The first kappa shape index (κ1) is 22.2. The van der Waals surface area contributed by atoms with Gasteiger partial charge >= 0.3 is 11.9 Å². The van der Waals surface area contributed by atoms with Gasteiger partial charge in [-0.3, -0.25) is 4.79 Å². The van der Waals surface area contributed by atoms with Gasteiger partial charge in [0, 0.05) is 11.4 Å². The van der Waals surface area contributed by atoms with Gasteiger partial charge in [-0.1, -0.05) is 25.5 Å². The maximum absolute atomic E-state index is 12.3. The number of H-pyrrole nitrogens is 1. The number of carbonyl (C=O) groups is 3. The van der Waals surface area contributed by atoms with Gasteiger partial charge in [-0.05, 0) is 56.9 Å². The molecule has 1 aromatic heterocycles. The molecule has 0 spiro atoms. The van der Waals surface area contributed by atoms with Crippen LogP contribution in [0.4, 0.5) is 5.69 Å². The summed E-state index contributed by atoms with van der Waals surface area (Å²) >= 11 is 0. The maximum Gasteiger partial charge on any atom is 0.355 e. The van der Waals surface area contributed by atoms with Crippen LogP contribution in [0.1, 0.15) is 64.4 Å². The van der Waals surface area contributed by atoms with Crippen LogP contribution in [0.2, 0.25) is 0 Å². The van der Waals surface area contributed by atoms with Crippen molar-refractivity contribution >= 4 is 23.5 Å². The van der Waals surface area contributed by atoms with Crippen LogP contribution >= 0.6 is 0 Å². The number of aromatic amines is 1. The van der Waals surface area contributed by atoms with Gasteiger partial charge in [0.15, 0.2) is 6.61 Å². The third-order valence-electron chi connectivity index (χ3n) is 4.51. The molecular weight excluding hydrogens is 372 g/mol. The van der Waals surface area contributed by atoms with E-state index in [4.69, 9.17) is 9.47 Å². The largest absolute Gasteiger partial charge is 0.462 e. The molecule has 0 radical (unpaired) electrons. The summed E-state index contributed by atoms with van der Waals surface area (Å²) < 4.78 is 10.1. The molecule has 0 saturated heterocycles. The van der Waals surface area contributed by atoms with E-state index in [1.165, 1.54) is 5.56 Å². The third kappa shape index (κ3) is 5.94. The van der Waals surface area contributed by atoms with Crippen LogP contribution in [0, 0.1) is 13.8 Å². The Hall–Kier alpha value is -3.09. The molecule has 1 aromatic carbocycles. The van der Waals surface area contributed by atoms with Crippen molar-refractivity contribution in [2.24, 2.45) is 0 Å². The number of unbranched alkanes of at least 4 members (excludes halogenated alkanes) is 1. The van der Waals surface area contributed by atoms with Crippen LogP contribution in [0.5, 0.6) is 0 Å². The van der Waals surface area contributed by atoms with Crippen LogP contribution in [0.15, 0.2) is 24.3 Å². The minimum Gasteiger partial charge on any atom is -0.462 e. The minimum atomic E-state index is -0.703. The summed E-state index contributed by atoms with van der Waals surface area (Å²) in [4.78, 5) is 39.3. The summed E-state index contributed by atoms with van der Waals surface area (Å²) in [6.45, 7) is 6.97. The standard InChI is InChI=1S/C22H28N2O5/c1-5-7-8-16-9-11-17(12-10-16)24-18(25)13-29-22(27)20-14(3)19(15(4)23-20)21(26)28-6-2/h9-12,23H,5-8,13H2,1-4H3,(H,24,25). The Kier molecular flexibility index (Phi) is 8.00. The molecule has 2 rings (SSSR count). The van der Waals surface area contributed by atoms with Gasteiger partial charge in [0.1, 0.15) is 5.69 Å². The van der Waals surface area contributed by atoms with Crippen molar-refractivity contribution in [1.82, 2.24) is 4.98 Å². The van der Waals surface area contributed by atoms with Crippen molar-refractivity contribution < 1.29 is 23.9 Å². The minimum absolute atomic E-state index is 0.138. The van der Waals surface area contributed by atoms with Crippen molar-refractivity contribution in [2.75, 3.05) is 18.5 Å². The first-order valence-electron chi connectivity index (χ1n) is 9.79. The summed E-state index contributed by atoms with van der Waals surface area (Å²) in [6.07, 6.45) is 3.26. The van der Waals surface area contributed by atoms with Gasteiger partial charge in [0.2, 0.25) is 0 Å². The molecule has 156 valence electrons. The fourth-order valence-electron chi connectivity index (χ4n) is 3.00. The molecule has 0 saturated carbocycles. The lowest BCUT2D eigenvalue weighted by Gasteiger charge is -2.08. The molecule has 1 amide bonds. The summed E-state index contributed by atoms with van der Waals surface area (Å²) in [5.41, 5.74) is 3.26. The number of carbonyl (C=O) groups excluding carboxylic acids is 3. The number of esters is 2. The van der Waals surface area contributed by atoms with E-state index in [0.29, 0.717) is 22.5 Å². The van der Waals surface area contributed by atoms with Crippen molar-refractivity contribution in [3.63, 3.8) is 0 Å². The molecule has 0 bridgehead atoms. The Bertz CT molecular complexity index is 868. The van der Waals surface area contributed by atoms with E-state index in [1.54, 1.807) is 20.8 Å². The molecule has 7 heteroatoms. The van der Waals surface area contributed by atoms with Gasteiger partial charge in [-0.2, -0.15) is 0 Å². The molecule has 1 heterocycles. The summed E-state index contributed by atoms with van der Waals surface area (Å²) in [5, 5.41) is 2.70. The van der Waals surface area contributed by atoms with E-state index in [0.717, 1.165) is 19.3 Å². The molecule has 2 aromatic rings. The van der Waals surface area contributed by atoms with Crippen molar-refractivity contribution in [3.05, 3.63) is 52.3 Å². The Labute approximate surface area is 170 Å². The fourth-order valence-corrected chi connectivity index (χ4v) is 3.00. The van der Waals surface area contributed by atoms with Crippen LogP contribution in [0.3, 0.4) is 0 Å². The van der Waals surface area contributed by atoms with Crippen molar-refractivity contribution in [1.29, 1.82) is 0 Å². The first-order chi connectivity index (χ1) is 13.9. The molecule has 0 aliphatic heterocycles. The summed E-state index contributed by atoms with van der Waals surface area (Å²) in [5.74, 6) is -1.64. The van der Waals surface area contributed by atoms with E-state index in [-0.39, 0.29) is 12.3 Å². The Balaban J connectivity index is 1.92. The molecule has 7 nitrogen and oxygen atoms in total. The highest BCUT2D eigenvalue weighted by Crippen LogP contribution is 2.20. The average Bonchev–Trinajstić information content (AvgIpc) is 3.00. The van der Waals surface area contributed by atoms with Gasteiger partial charge in [-0.25, -0.2) is 9.59 Å². The SMILES string of the molecule is CCCCc1ccc(NC(=O)COC(=O)c2[nH]c(C)c(C(=O)OCC)c2C)cc1. The molecule has 0 atom stereocenters.